The van der Waals surface area contributed by atoms with Crippen LogP contribution in [-0.2, 0) is 42.3 Å². The summed E-state index contributed by atoms with van der Waals surface area (Å²) in [5.41, 5.74) is 0.513. The molecule has 0 amide bonds. The van der Waals surface area contributed by atoms with E-state index in [0.717, 1.165) is 0 Å². The van der Waals surface area contributed by atoms with Crippen LogP contribution in [-0.4, -0.2) is 54.3 Å². The topological polar surface area (TPSA) is 82.7 Å². The van der Waals surface area contributed by atoms with Gasteiger partial charge in [-0.3, -0.25) is 0 Å². The van der Waals surface area contributed by atoms with Gasteiger partial charge in [0.25, 0.3) is 0 Å². The number of rotatable bonds is 7. The molecule has 0 unspecified atom stereocenters. The zero-order valence-electron chi connectivity index (χ0n) is 16.3. The molecule has 0 spiro atoms. The van der Waals surface area contributed by atoms with Gasteiger partial charge in [0.1, 0.15) is 24.6 Å². The monoisotopic (exact) mass is 549 g/mol. The second kappa shape index (κ2) is 13.4. The van der Waals surface area contributed by atoms with Crippen molar-refractivity contribution in [1.29, 1.82) is 0 Å². The first kappa shape index (κ1) is 29.8. The van der Waals surface area contributed by atoms with Gasteiger partial charge in [-0.05, 0) is 41.5 Å². The molecule has 0 aliphatic heterocycles. The van der Waals surface area contributed by atoms with Gasteiger partial charge in [0.05, 0.1) is 12.8 Å². The number of methoxy groups -OCH3 is 1. The maximum absolute atomic E-state index is 12.3. The second-order valence-corrected chi connectivity index (χ2v) is 6.38. The van der Waals surface area contributed by atoms with E-state index >= 15 is 0 Å². The maximum Gasteiger partial charge on any atom is 2.00 e. The van der Waals surface area contributed by atoms with E-state index in [1.807, 2.05) is 10.6 Å². The number of hydrogen-bond acceptors (Lipinski definition) is 7. The summed E-state index contributed by atoms with van der Waals surface area (Å²) >= 11 is 9.34. The van der Waals surface area contributed by atoms with Crippen molar-refractivity contribution in [1.82, 2.24) is 10.6 Å². The van der Waals surface area contributed by atoms with Crippen molar-refractivity contribution < 1.29 is 48.1 Å². The van der Waals surface area contributed by atoms with Crippen LogP contribution in [0, 0.1) is 0 Å². The summed E-state index contributed by atoms with van der Waals surface area (Å²) in [6.07, 6.45) is -9.00. The second-order valence-electron chi connectivity index (χ2n) is 5.61. The normalized spacial score (nSPS) is 14.0. The SMILES string of the molecule is COc1ccc(C(=N\N=C(/[S-])NCC(F)(F)F)/C(C)=N/N=C(\[S-])NCC(F)(F)F)cc1.[Cu+2]. The predicted molar refractivity (Wildman–Crippen MR) is 110 cm³/mol. The van der Waals surface area contributed by atoms with E-state index in [1.54, 1.807) is 24.3 Å². The largest absolute Gasteiger partial charge is 2.00 e. The van der Waals surface area contributed by atoms with Crippen LogP contribution in [0.2, 0.25) is 0 Å². The first-order chi connectivity index (χ1) is 14.3. The Labute approximate surface area is 201 Å². The Morgan fingerprint density at radius 3 is 1.69 bits per heavy atom. The molecule has 0 saturated carbocycles. The van der Waals surface area contributed by atoms with E-state index in [-0.39, 0.29) is 28.5 Å². The zero-order chi connectivity index (χ0) is 23.7. The average Bonchev–Trinajstić information content (AvgIpc) is 2.68. The van der Waals surface area contributed by atoms with Crippen molar-refractivity contribution in [2.24, 2.45) is 20.4 Å². The predicted octanol–water partition coefficient (Wildman–Crippen LogP) is 2.88. The Hall–Kier alpha value is -2.16. The van der Waals surface area contributed by atoms with Gasteiger partial charge in [0.15, 0.2) is 0 Å². The molecule has 0 aliphatic rings. The van der Waals surface area contributed by atoms with Gasteiger partial charge in [-0.15, -0.1) is 5.10 Å². The minimum Gasteiger partial charge on any atom is -0.741 e. The molecule has 1 aromatic carbocycles. The fraction of sp³-hybridized carbons (Fsp3) is 0.375. The Balaban J connectivity index is 0.00000961. The number of halogens is 6. The molecular formula is C16H16CuF6N6OS2. The van der Waals surface area contributed by atoms with Gasteiger partial charge in [0.2, 0.25) is 0 Å². The molecule has 2 N–H and O–H groups in total. The molecule has 0 saturated heterocycles. The van der Waals surface area contributed by atoms with Crippen LogP contribution < -0.4 is 15.4 Å². The van der Waals surface area contributed by atoms with Gasteiger partial charge in [-0.2, -0.15) is 41.6 Å². The van der Waals surface area contributed by atoms with Crippen molar-refractivity contribution in [3.8, 4) is 5.75 Å². The molecule has 16 heteroatoms. The molecule has 1 rings (SSSR count). The first-order valence-corrected chi connectivity index (χ1v) is 9.00. The van der Waals surface area contributed by atoms with E-state index < -0.39 is 35.8 Å². The first-order valence-electron chi connectivity index (χ1n) is 8.18. The van der Waals surface area contributed by atoms with E-state index in [4.69, 9.17) is 4.74 Å². The Morgan fingerprint density at radius 1 is 0.844 bits per heavy atom. The van der Waals surface area contributed by atoms with E-state index in [1.165, 1.54) is 14.0 Å². The Kier molecular flexibility index (Phi) is 12.5. The van der Waals surface area contributed by atoms with Gasteiger partial charge in [-0.1, -0.05) is 0 Å². The number of ether oxygens (including phenoxy) is 1. The molecule has 0 fully saturated rings. The molecule has 0 bridgehead atoms. The molecule has 1 aromatic rings. The van der Waals surface area contributed by atoms with E-state index in [9.17, 15) is 26.3 Å². The minimum atomic E-state index is -4.50. The van der Waals surface area contributed by atoms with Crippen LogP contribution in [0.3, 0.4) is 0 Å². The van der Waals surface area contributed by atoms with Gasteiger partial charge >= 0.3 is 29.4 Å². The number of amidine groups is 2. The maximum atomic E-state index is 12.3. The molecule has 0 aliphatic carbocycles. The quantitative estimate of drug-likeness (QED) is 0.136. The number of alkyl halides is 6. The van der Waals surface area contributed by atoms with Crippen molar-refractivity contribution in [2.45, 2.75) is 19.3 Å². The Bertz CT molecular complexity index is 856. The van der Waals surface area contributed by atoms with Crippen LogP contribution >= 0.6 is 0 Å². The van der Waals surface area contributed by atoms with Crippen LogP contribution in [0.5, 0.6) is 5.75 Å². The fourth-order valence-corrected chi connectivity index (χ4v) is 2.00. The Morgan fingerprint density at radius 2 is 1.28 bits per heavy atom. The average molecular weight is 550 g/mol. The zero-order valence-corrected chi connectivity index (χ0v) is 18.9. The number of nitrogens with zero attached hydrogens (tertiary/aromatic N) is 4. The van der Waals surface area contributed by atoms with Crippen molar-refractivity contribution in [3.05, 3.63) is 29.8 Å². The van der Waals surface area contributed by atoms with Crippen LogP contribution in [0.25, 0.3) is 0 Å². The smallest absolute Gasteiger partial charge is 0.741 e. The van der Waals surface area contributed by atoms with E-state index in [2.05, 4.69) is 45.7 Å². The van der Waals surface area contributed by atoms with Crippen LogP contribution in [0.15, 0.2) is 44.7 Å². The third-order valence-corrected chi connectivity index (χ3v) is 3.57. The molecule has 181 valence electrons. The summed E-state index contributed by atoms with van der Waals surface area (Å²) in [5.74, 6) is 0.513. The summed E-state index contributed by atoms with van der Waals surface area (Å²) in [4.78, 5) is 0. The molecule has 32 heavy (non-hydrogen) atoms. The third-order valence-electron chi connectivity index (χ3n) is 3.12. The van der Waals surface area contributed by atoms with Crippen molar-refractivity contribution in [3.63, 3.8) is 0 Å². The van der Waals surface area contributed by atoms with Crippen molar-refractivity contribution in [2.75, 3.05) is 20.2 Å². The van der Waals surface area contributed by atoms with Gasteiger partial charge in [-0.25, -0.2) is 0 Å². The van der Waals surface area contributed by atoms with E-state index in [0.29, 0.717) is 11.3 Å². The number of hydrogen-bond donors (Lipinski definition) is 2. The fourth-order valence-electron chi connectivity index (χ4n) is 1.77. The summed E-state index contributed by atoms with van der Waals surface area (Å²) in [5, 5.41) is 17.2. The van der Waals surface area contributed by atoms with Crippen LogP contribution in [0.1, 0.15) is 12.5 Å². The molecule has 1 radical (unpaired) electrons. The molecule has 0 heterocycles. The van der Waals surface area contributed by atoms with Crippen molar-refractivity contribution >= 4 is 47.0 Å². The molecular weight excluding hydrogens is 534 g/mol. The summed E-state index contributed by atoms with van der Waals surface area (Å²) in [6.45, 7) is -1.39. The standard InChI is InChI=1S/C16H18F6N6OS2.Cu/c1-9(25-27-13(30)23-7-15(17,18)19)12(10-3-5-11(29-2)6-4-10)26-28-14(31)24-8-16(20,21)22;/h3-6H,7-8H2,1-2H3,(H2,23,27,30)(H2,24,28,31);/q;+2/p-2/b25-9+,26-12-;. The van der Waals surface area contributed by atoms with Crippen LogP contribution in [0.4, 0.5) is 26.3 Å². The molecule has 0 atom stereocenters. The summed E-state index contributed by atoms with van der Waals surface area (Å²) < 4.78 is 78.4. The third kappa shape index (κ3) is 12.6. The summed E-state index contributed by atoms with van der Waals surface area (Å²) in [7, 11) is 1.45. The molecule has 0 aromatic heterocycles. The number of nitrogens with one attached hydrogen (secondary N) is 2. The van der Waals surface area contributed by atoms with Gasteiger partial charge in [0, 0.05) is 5.56 Å². The number of benzene rings is 1. The summed E-state index contributed by atoms with van der Waals surface area (Å²) in [6, 6.07) is 6.26. The minimum absolute atomic E-state index is 0. The molecule has 7 nitrogen and oxygen atoms in total. The van der Waals surface area contributed by atoms with Gasteiger partial charge < -0.3 is 40.6 Å².